The second-order valence-electron chi connectivity index (χ2n) is 4.30. The SMILES string of the molecule is CC(=O)N[C@@H](ON1C(=O)[C@H](O)Oc2ccccc21)C(Cl)(Cl)Cl. The first kappa shape index (κ1) is 17.1. The number of carbonyl (C=O) groups excluding carboxylic acids is 2. The van der Waals surface area contributed by atoms with Crippen molar-refractivity contribution in [3.63, 3.8) is 0 Å². The summed E-state index contributed by atoms with van der Waals surface area (Å²) >= 11 is 17.2. The van der Waals surface area contributed by atoms with Crippen LogP contribution in [0, 0.1) is 0 Å². The molecule has 1 heterocycles. The standard InChI is InChI=1S/C12H11Cl3N2O5/c1-6(18)16-11(12(13,14)15)22-17-7-4-2-3-5-8(7)21-10(20)9(17)19/h2-5,10-11,20H,1H3,(H,16,18)/t10-,11+/m1/s1. The van der Waals surface area contributed by atoms with Gasteiger partial charge >= 0.3 is 5.91 Å². The van der Waals surface area contributed by atoms with Crippen molar-refractivity contribution in [3.05, 3.63) is 24.3 Å². The van der Waals surface area contributed by atoms with Crippen LogP contribution >= 0.6 is 34.8 Å². The van der Waals surface area contributed by atoms with E-state index in [0.717, 1.165) is 0 Å². The van der Waals surface area contributed by atoms with Crippen molar-refractivity contribution >= 4 is 52.3 Å². The molecular weight excluding hydrogens is 358 g/mol. The number of hydroxylamine groups is 1. The summed E-state index contributed by atoms with van der Waals surface area (Å²) in [6.07, 6.45) is -3.24. The van der Waals surface area contributed by atoms with E-state index in [0.29, 0.717) is 5.06 Å². The van der Waals surface area contributed by atoms with Gasteiger partial charge in [0.15, 0.2) is 0 Å². The summed E-state index contributed by atoms with van der Waals surface area (Å²) in [5.74, 6) is -1.27. The molecule has 0 saturated heterocycles. The highest BCUT2D eigenvalue weighted by atomic mass is 35.6. The van der Waals surface area contributed by atoms with Crippen molar-refractivity contribution in [2.24, 2.45) is 0 Å². The molecular formula is C12H11Cl3N2O5. The molecule has 0 radical (unpaired) electrons. The van der Waals surface area contributed by atoms with Crippen molar-refractivity contribution in [3.8, 4) is 5.75 Å². The molecule has 2 N–H and O–H groups in total. The Morgan fingerprint density at radius 1 is 1.45 bits per heavy atom. The monoisotopic (exact) mass is 368 g/mol. The summed E-state index contributed by atoms with van der Waals surface area (Å²) in [5, 5.41) is 12.6. The molecule has 0 aliphatic carbocycles. The first-order valence-corrected chi connectivity index (χ1v) is 7.12. The Balaban J connectivity index is 2.33. The fraction of sp³-hybridized carbons (Fsp3) is 0.333. The molecule has 0 bridgehead atoms. The smallest absolute Gasteiger partial charge is 0.320 e. The van der Waals surface area contributed by atoms with Crippen LogP contribution in [0.1, 0.15) is 6.92 Å². The van der Waals surface area contributed by atoms with Crippen molar-refractivity contribution < 1.29 is 24.3 Å². The Morgan fingerprint density at radius 3 is 2.68 bits per heavy atom. The lowest BCUT2D eigenvalue weighted by molar-refractivity contribution is -0.156. The Kier molecular flexibility index (Phi) is 5.03. The normalized spacial score (nSPS) is 19.2. The van der Waals surface area contributed by atoms with Crippen molar-refractivity contribution in [1.82, 2.24) is 5.32 Å². The number of carbonyl (C=O) groups is 2. The predicted molar refractivity (Wildman–Crippen MR) is 79.5 cm³/mol. The molecule has 1 aliphatic heterocycles. The minimum atomic E-state index is -2.05. The molecule has 22 heavy (non-hydrogen) atoms. The highest BCUT2D eigenvalue weighted by molar-refractivity contribution is 6.68. The molecule has 0 saturated carbocycles. The lowest BCUT2D eigenvalue weighted by atomic mass is 10.2. The number of para-hydroxylation sites is 2. The summed E-state index contributed by atoms with van der Waals surface area (Å²) in [6, 6.07) is 6.28. The van der Waals surface area contributed by atoms with E-state index in [1.165, 1.54) is 19.1 Å². The maximum Gasteiger partial charge on any atom is 0.320 e. The van der Waals surface area contributed by atoms with Gasteiger partial charge in [-0.3, -0.25) is 9.59 Å². The molecule has 2 atom stereocenters. The van der Waals surface area contributed by atoms with Gasteiger partial charge in [-0.2, -0.15) is 5.06 Å². The number of anilines is 1. The molecule has 7 nitrogen and oxygen atoms in total. The number of halogens is 3. The third-order valence-corrected chi connectivity index (χ3v) is 3.17. The van der Waals surface area contributed by atoms with Gasteiger partial charge in [0.2, 0.25) is 15.9 Å². The van der Waals surface area contributed by atoms with Gasteiger partial charge < -0.3 is 15.2 Å². The average molecular weight is 370 g/mol. The maximum absolute atomic E-state index is 12.0. The number of benzene rings is 1. The van der Waals surface area contributed by atoms with E-state index in [2.05, 4.69) is 5.32 Å². The molecule has 10 heteroatoms. The molecule has 120 valence electrons. The molecule has 0 fully saturated rings. The van der Waals surface area contributed by atoms with Crippen LogP contribution in [-0.4, -0.2) is 33.2 Å². The van der Waals surface area contributed by atoms with E-state index in [1.807, 2.05) is 0 Å². The largest absolute Gasteiger partial charge is 0.453 e. The van der Waals surface area contributed by atoms with Crippen LogP contribution in [0.2, 0.25) is 0 Å². The van der Waals surface area contributed by atoms with Gasteiger partial charge in [-0.1, -0.05) is 46.9 Å². The molecule has 1 aliphatic rings. The minimum absolute atomic E-state index is 0.195. The van der Waals surface area contributed by atoms with Gasteiger partial charge in [0.25, 0.3) is 6.29 Å². The summed E-state index contributed by atoms with van der Waals surface area (Å²) in [5.41, 5.74) is 0.197. The Morgan fingerprint density at radius 2 is 2.09 bits per heavy atom. The molecule has 0 unspecified atom stereocenters. The van der Waals surface area contributed by atoms with Crippen molar-refractivity contribution in [1.29, 1.82) is 0 Å². The number of aliphatic hydroxyl groups is 1. The van der Waals surface area contributed by atoms with Gasteiger partial charge in [-0.15, -0.1) is 0 Å². The number of hydrogen-bond donors (Lipinski definition) is 2. The number of nitrogens with one attached hydrogen (secondary N) is 1. The van der Waals surface area contributed by atoms with E-state index >= 15 is 0 Å². The first-order valence-electron chi connectivity index (χ1n) is 5.98. The molecule has 0 spiro atoms. The molecule has 2 rings (SSSR count). The number of nitrogens with zero attached hydrogens (tertiary/aromatic N) is 1. The lowest BCUT2D eigenvalue weighted by Crippen LogP contribution is -2.54. The Labute approximate surface area is 140 Å². The minimum Gasteiger partial charge on any atom is -0.453 e. The number of aliphatic hydroxyl groups excluding tert-OH is 1. The topological polar surface area (TPSA) is 88.1 Å². The zero-order valence-electron chi connectivity index (χ0n) is 11.1. The van der Waals surface area contributed by atoms with Gasteiger partial charge in [0.05, 0.1) is 0 Å². The Hall–Kier alpha value is -1.25. The fourth-order valence-electron chi connectivity index (χ4n) is 1.68. The molecule has 0 aromatic heterocycles. The van der Waals surface area contributed by atoms with Crippen molar-refractivity contribution in [2.75, 3.05) is 5.06 Å². The van der Waals surface area contributed by atoms with Crippen LogP contribution in [0.25, 0.3) is 0 Å². The number of alkyl halides is 3. The van der Waals surface area contributed by atoms with Crippen LogP contribution in [0.4, 0.5) is 5.69 Å². The third kappa shape index (κ3) is 3.74. The van der Waals surface area contributed by atoms with Crippen LogP contribution in [0.3, 0.4) is 0 Å². The van der Waals surface area contributed by atoms with E-state index in [9.17, 15) is 14.7 Å². The lowest BCUT2D eigenvalue weighted by Gasteiger charge is -2.35. The molecule has 1 aromatic rings. The maximum atomic E-state index is 12.0. The number of hydrogen-bond acceptors (Lipinski definition) is 5. The van der Waals surface area contributed by atoms with E-state index in [1.54, 1.807) is 12.1 Å². The average Bonchev–Trinajstić information content (AvgIpc) is 2.41. The summed E-state index contributed by atoms with van der Waals surface area (Å²) < 4.78 is 2.97. The molecule has 2 amide bonds. The number of rotatable bonds is 3. The summed E-state index contributed by atoms with van der Waals surface area (Å²) in [6.45, 7) is 1.19. The number of amides is 2. The third-order valence-electron chi connectivity index (χ3n) is 2.58. The van der Waals surface area contributed by atoms with E-state index in [-0.39, 0.29) is 11.4 Å². The van der Waals surface area contributed by atoms with Crippen LogP contribution < -0.4 is 15.1 Å². The summed E-state index contributed by atoms with van der Waals surface area (Å²) in [7, 11) is 0. The number of fused-ring (bicyclic) bond motifs is 1. The van der Waals surface area contributed by atoms with Crippen LogP contribution in [0.15, 0.2) is 24.3 Å². The van der Waals surface area contributed by atoms with E-state index < -0.39 is 28.1 Å². The highest BCUT2D eigenvalue weighted by Gasteiger charge is 2.41. The fourth-order valence-corrected chi connectivity index (χ4v) is 1.96. The van der Waals surface area contributed by atoms with E-state index in [4.69, 9.17) is 44.4 Å². The number of ether oxygens (including phenoxy) is 1. The molecule has 1 aromatic carbocycles. The first-order chi connectivity index (χ1) is 10.2. The van der Waals surface area contributed by atoms with Crippen LogP contribution in [-0.2, 0) is 14.4 Å². The van der Waals surface area contributed by atoms with Crippen LogP contribution in [0.5, 0.6) is 5.75 Å². The highest BCUT2D eigenvalue weighted by Crippen LogP contribution is 2.37. The van der Waals surface area contributed by atoms with Gasteiger partial charge in [-0.25, -0.2) is 4.84 Å². The Bertz CT molecular complexity index is 592. The van der Waals surface area contributed by atoms with Crippen molar-refractivity contribution in [2.45, 2.75) is 23.2 Å². The quantitative estimate of drug-likeness (QED) is 0.623. The zero-order valence-corrected chi connectivity index (χ0v) is 13.4. The van der Waals surface area contributed by atoms with Gasteiger partial charge in [-0.05, 0) is 12.1 Å². The van der Waals surface area contributed by atoms with Gasteiger partial charge in [0, 0.05) is 6.92 Å². The second-order valence-corrected chi connectivity index (χ2v) is 6.67. The second kappa shape index (κ2) is 6.47. The summed E-state index contributed by atoms with van der Waals surface area (Å²) in [4.78, 5) is 28.5. The van der Waals surface area contributed by atoms with Gasteiger partial charge in [0.1, 0.15) is 11.4 Å². The predicted octanol–water partition coefficient (Wildman–Crippen LogP) is 1.49. The zero-order chi connectivity index (χ0) is 16.5.